The van der Waals surface area contributed by atoms with Gasteiger partial charge in [-0.3, -0.25) is 14.4 Å². The summed E-state index contributed by atoms with van der Waals surface area (Å²) in [6, 6.07) is 7.62. The molecule has 1 aromatic carbocycles. The third-order valence-corrected chi connectivity index (χ3v) is 3.48. The summed E-state index contributed by atoms with van der Waals surface area (Å²) in [5, 5.41) is 2.48. The molecule has 132 valence electrons. The van der Waals surface area contributed by atoms with E-state index in [-0.39, 0.29) is 19.4 Å². The molecule has 0 saturated carbocycles. The number of carbonyl (C=O) groups is 3. The Morgan fingerprint density at radius 3 is 2.42 bits per heavy atom. The Kier molecular flexibility index (Phi) is 8.49. The molecule has 0 unspecified atom stereocenters. The third-order valence-electron chi connectivity index (χ3n) is 3.48. The third kappa shape index (κ3) is 7.23. The summed E-state index contributed by atoms with van der Waals surface area (Å²) in [5.74, 6) is -1.61. The van der Waals surface area contributed by atoms with E-state index in [0.717, 1.165) is 12.0 Å². The van der Waals surface area contributed by atoms with Gasteiger partial charge in [0.1, 0.15) is 12.6 Å². The number of rotatable bonds is 10. The van der Waals surface area contributed by atoms with E-state index >= 15 is 0 Å². The van der Waals surface area contributed by atoms with Gasteiger partial charge in [-0.25, -0.2) is 0 Å². The largest absolute Gasteiger partial charge is 0.461 e. The van der Waals surface area contributed by atoms with Crippen molar-refractivity contribution in [3.05, 3.63) is 35.9 Å². The summed E-state index contributed by atoms with van der Waals surface area (Å²) in [6.45, 7) is 2.07. The zero-order chi connectivity index (χ0) is 17.9. The van der Waals surface area contributed by atoms with Gasteiger partial charge in [0.2, 0.25) is 11.8 Å². The van der Waals surface area contributed by atoms with E-state index < -0.39 is 29.9 Å². The molecule has 24 heavy (non-hydrogen) atoms. The normalized spacial score (nSPS) is 12.9. The van der Waals surface area contributed by atoms with Crippen LogP contribution in [-0.2, 0) is 25.7 Å². The number of esters is 1. The van der Waals surface area contributed by atoms with Gasteiger partial charge in [-0.2, -0.15) is 0 Å². The molecule has 0 heterocycles. The minimum absolute atomic E-state index is 0.0241. The summed E-state index contributed by atoms with van der Waals surface area (Å²) in [5.41, 5.74) is 11.8. The van der Waals surface area contributed by atoms with Gasteiger partial charge in [0.25, 0.3) is 0 Å². The first-order valence-corrected chi connectivity index (χ1v) is 7.98. The fourth-order valence-corrected chi connectivity index (χ4v) is 2.08. The van der Waals surface area contributed by atoms with Crippen molar-refractivity contribution in [2.75, 3.05) is 0 Å². The van der Waals surface area contributed by atoms with E-state index in [9.17, 15) is 14.4 Å². The minimum Gasteiger partial charge on any atom is -0.461 e. The lowest BCUT2D eigenvalue weighted by molar-refractivity contribution is -0.145. The van der Waals surface area contributed by atoms with Crippen LogP contribution in [0.25, 0.3) is 0 Å². The number of amides is 2. The zero-order valence-corrected chi connectivity index (χ0v) is 13.9. The number of ether oxygens (including phenoxy) is 1. The number of hydrogen-bond acceptors (Lipinski definition) is 5. The van der Waals surface area contributed by atoms with Crippen LogP contribution in [0.1, 0.15) is 38.2 Å². The first-order chi connectivity index (χ1) is 11.4. The van der Waals surface area contributed by atoms with Crippen LogP contribution in [0, 0.1) is 0 Å². The smallest absolute Gasteiger partial charge is 0.306 e. The van der Waals surface area contributed by atoms with Crippen LogP contribution in [0.15, 0.2) is 30.3 Å². The molecule has 0 radical (unpaired) electrons. The maximum absolute atomic E-state index is 11.8. The minimum atomic E-state index is -0.940. The molecule has 0 fully saturated rings. The van der Waals surface area contributed by atoms with E-state index in [0.29, 0.717) is 6.42 Å². The number of primary amides is 1. The Morgan fingerprint density at radius 1 is 1.17 bits per heavy atom. The second kappa shape index (κ2) is 10.4. The van der Waals surface area contributed by atoms with Crippen LogP contribution < -0.4 is 16.8 Å². The number of nitrogens with two attached hydrogens (primary N) is 2. The van der Waals surface area contributed by atoms with Crippen molar-refractivity contribution < 1.29 is 19.1 Å². The van der Waals surface area contributed by atoms with Crippen LogP contribution in [0.4, 0.5) is 0 Å². The van der Waals surface area contributed by atoms with E-state index in [1.807, 2.05) is 37.3 Å². The molecule has 0 bridgehead atoms. The Balaban J connectivity index is 2.41. The van der Waals surface area contributed by atoms with E-state index in [1.54, 1.807) is 0 Å². The highest BCUT2D eigenvalue weighted by molar-refractivity contribution is 5.89. The molecule has 2 atom stereocenters. The molecule has 2 amide bonds. The van der Waals surface area contributed by atoms with Crippen molar-refractivity contribution >= 4 is 17.8 Å². The highest BCUT2D eigenvalue weighted by atomic mass is 16.5. The molecule has 5 N–H and O–H groups in total. The number of carbonyl (C=O) groups excluding carboxylic acids is 3. The molecule has 1 rings (SSSR count). The fourth-order valence-electron chi connectivity index (χ4n) is 2.08. The topological polar surface area (TPSA) is 125 Å². The highest BCUT2D eigenvalue weighted by Crippen LogP contribution is 2.05. The molecular formula is C17H25N3O4. The van der Waals surface area contributed by atoms with Crippen molar-refractivity contribution in [3.8, 4) is 0 Å². The van der Waals surface area contributed by atoms with Crippen LogP contribution in [-0.4, -0.2) is 29.9 Å². The van der Waals surface area contributed by atoms with Crippen LogP contribution in [0.3, 0.4) is 0 Å². The van der Waals surface area contributed by atoms with Gasteiger partial charge in [0.15, 0.2) is 0 Å². The molecule has 7 nitrogen and oxygen atoms in total. The molecule has 0 saturated heterocycles. The van der Waals surface area contributed by atoms with Crippen LogP contribution in [0.5, 0.6) is 0 Å². The van der Waals surface area contributed by atoms with Gasteiger partial charge < -0.3 is 21.5 Å². The van der Waals surface area contributed by atoms with Gasteiger partial charge in [-0.05, 0) is 18.4 Å². The first-order valence-electron chi connectivity index (χ1n) is 7.98. The van der Waals surface area contributed by atoms with Gasteiger partial charge in [0, 0.05) is 6.42 Å². The highest BCUT2D eigenvalue weighted by Gasteiger charge is 2.22. The molecule has 0 aliphatic heterocycles. The lowest BCUT2D eigenvalue weighted by atomic mass is 10.1. The summed E-state index contributed by atoms with van der Waals surface area (Å²) in [6.07, 6.45) is 1.31. The summed E-state index contributed by atoms with van der Waals surface area (Å²) in [7, 11) is 0. The SMILES string of the molecule is CCC[C@H](N)C(=O)N[C@H](CCC(=O)OCc1ccccc1)C(N)=O. The van der Waals surface area contributed by atoms with Crippen molar-refractivity contribution in [1.82, 2.24) is 5.32 Å². The maximum Gasteiger partial charge on any atom is 0.306 e. The van der Waals surface area contributed by atoms with E-state index in [1.165, 1.54) is 0 Å². The first kappa shape index (κ1) is 19.6. The van der Waals surface area contributed by atoms with E-state index in [4.69, 9.17) is 16.2 Å². The Labute approximate surface area is 141 Å². The lowest BCUT2D eigenvalue weighted by Crippen LogP contribution is -2.50. The zero-order valence-electron chi connectivity index (χ0n) is 13.9. The Hall–Kier alpha value is -2.41. The molecule has 0 spiro atoms. The fraction of sp³-hybridized carbons (Fsp3) is 0.471. The lowest BCUT2D eigenvalue weighted by Gasteiger charge is -2.18. The maximum atomic E-state index is 11.8. The molecule has 7 heteroatoms. The standard InChI is InChI=1S/C17H25N3O4/c1-2-6-13(18)17(23)20-14(16(19)22)9-10-15(21)24-11-12-7-4-3-5-8-12/h3-5,7-8,13-14H,2,6,9-11,18H2,1H3,(H2,19,22)(H,20,23)/t13-,14+/m0/s1. The second-order valence-electron chi connectivity index (χ2n) is 5.54. The van der Waals surface area contributed by atoms with Crippen molar-refractivity contribution in [3.63, 3.8) is 0 Å². The Morgan fingerprint density at radius 2 is 1.83 bits per heavy atom. The predicted molar refractivity (Wildman–Crippen MR) is 89.5 cm³/mol. The van der Waals surface area contributed by atoms with Crippen LogP contribution in [0.2, 0.25) is 0 Å². The molecule has 0 aliphatic carbocycles. The van der Waals surface area contributed by atoms with Crippen molar-refractivity contribution in [1.29, 1.82) is 0 Å². The summed E-state index contributed by atoms with van der Waals surface area (Å²) >= 11 is 0. The summed E-state index contributed by atoms with van der Waals surface area (Å²) < 4.78 is 5.12. The second-order valence-corrected chi connectivity index (χ2v) is 5.54. The molecule has 0 aromatic heterocycles. The quantitative estimate of drug-likeness (QED) is 0.540. The molecular weight excluding hydrogens is 310 g/mol. The van der Waals surface area contributed by atoms with E-state index in [2.05, 4.69) is 5.32 Å². The summed E-state index contributed by atoms with van der Waals surface area (Å²) in [4.78, 5) is 35.0. The average Bonchev–Trinajstić information content (AvgIpc) is 2.57. The van der Waals surface area contributed by atoms with Gasteiger partial charge >= 0.3 is 5.97 Å². The molecule has 1 aromatic rings. The predicted octanol–water partition coefficient (Wildman–Crippen LogP) is 0.608. The van der Waals surface area contributed by atoms with Crippen LogP contribution >= 0.6 is 0 Å². The van der Waals surface area contributed by atoms with Gasteiger partial charge in [0.05, 0.1) is 6.04 Å². The monoisotopic (exact) mass is 335 g/mol. The number of benzene rings is 1. The van der Waals surface area contributed by atoms with Crippen molar-refractivity contribution in [2.24, 2.45) is 11.5 Å². The van der Waals surface area contributed by atoms with Gasteiger partial charge in [-0.15, -0.1) is 0 Å². The number of nitrogens with one attached hydrogen (secondary N) is 1. The van der Waals surface area contributed by atoms with Crippen molar-refractivity contribution in [2.45, 2.75) is 51.3 Å². The number of hydrogen-bond donors (Lipinski definition) is 3. The van der Waals surface area contributed by atoms with Gasteiger partial charge in [-0.1, -0.05) is 43.7 Å². The average molecular weight is 335 g/mol. The molecule has 0 aliphatic rings. The Bertz CT molecular complexity index is 548.